The van der Waals surface area contributed by atoms with E-state index in [1.54, 1.807) is 4.68 Å². The molecule has 106 valence electrons. The van der Waals surface area contributed by atoms with E-state index in [1.165, 1.54) is 0 Å². The fourth-order valence-corrected chi connectivity index (χ4v) is 3.47. The summed E-state index contributed by atoms with van der Waals surface area (Å²) in [7, 11) is 1.82. The third-order valence-electron chi connectivity index (χ3n) is 4.30. The zero-order valence-corrected chi connectivity index (χ0v) is 12.4. The lowest BCUT2D eigenvalue weighted by atomic mass is 9.72. The van der Waals surface area contributed by atoms with Gasteiger partial charge in [0.25, 0.3) is 0 Å². The normalized spacial score (nSPS) is 27.5. The van der Waals surface area contributed by atoms with Gasteiger partial charge in [-0.3, -0.25) is 9.48 Å². The van der Waals surface area contributed by atoms with Crippen LogP contribution >= 0.6 is 11.6 Å². The van der Waals surface area contributed by atoms with Crippen molar-refractivity contribution in [3.05, 3.63) is 16.4 Å². The number of carboxylic acid groups (broad SMARTS) is 1. The first kappa shape index (κ1) is 14.4. The molecule has 1 N–H and O–H groups in total. The molecule has 0 aromatic carbocycles. The second-order valence-corrected chi connectivity index (χ2v) is 6.16. The molecule has 0 radical (unpaired) electrons. The number of carbonyl (C=O) groups is 1. The zero-order valence-electron chi connectivity index (χ0n) is 11.7. The van der Waals surface area contributed by atoms with Gasteiger partial charge in [-0.15, -0.1) is 0 Å². The largest absolute Gasteiger partial charge is 0.481 e. The summed E-state index contributed by atoms with van der Waals surface area (Å²) in [4.78, 5) is 11.4. The lowest BCUT2D eigenvalue weighted by Gasteiger charge is -2.32. The Morgan fingerprint density at radius 2 is 2.21 bits per heavy atom. The van der Waals surface area contributed by atoms with Crippen molar-refractivity contribution in [3.63, 3.8) is 0 Å². The first-order valence-electron chi connectivity index (χ1n) is 6.81. The van der Waals surface area contributed by atoms with E-state index in [0.717, 1.165) is 36.9 Å². The van der Waals surface area contributed by atoms with E-state index in [2.05, 4.69) is 12.0 Å². The number of nitrogens with zero attached hydrogens (tertiary/aromatic N) is 2. The average Bonchev–Trinajstić information content (AvgIpc) is 2.56. The molecule has 0 spiro atoms. The van der Waals surface area contributed by atoms with Gasteiger partial charge in [0, 0.05) is 12.6 Å². The van der Waals surface area contributed by atoms with Gasteiger partial charge < -0.3 is 5.11 Å². The van der Waals surface area contributed by atoms with E-state index in [0.29, 0.717) is 11.1 Å². The van der Waals surface area contributed by atoms with E-state index in [9.17, 15) is 9.90 Å². The molecule has 19 heavy (non-hydrogen) atoms. The molecule has 1 aliphatic carbocycles. The lowest BCUT2D eigenvalue weighted by molar-refractivity contribution is -0.145. The number of hydrogen-bond acceptors (Lipinski definition) is 2. The van der Waals surface area contributed by atoms with Crippen LogP contribution in [0.4, 0.5) is 0 Å². The predicted molar refractivity (Wildman–Crippen MR) is 74.3 cm³/mol. The van der Waals surface area contributed by atoms with Crippen molar-refractivity contribution < 1.29 is 9.90 Å². The highest BCUT2D eigenvalue weighted by atomic mass is 35.5. The fraction of sp³-hybridized carbons (Fsp3) is 0.714. The van der Waals surface area contributed by atoms with Crippen molar-refractivity contribution in [2.45, 2.75) is 39.5 Å². The molecule has 1 fully saturated rings. The average molecular weight is 285 g/mol. The molecule has 1 aromatic heterocycles. The highest BCUT2D eigenvalue weighted by Gasteiger charge is 2.34. The van der Waals surface area contributed by atoms with E-state index < -0.39 is 5.97 Å². The maximum absolute atomic E-state index is 11.4. The summed E-state index contributed by atoms with van der Waals surface area (Å²) in [5, 5.41) is 14.3. The monoisotopic (exact) mass is 284 g/mol. The van der Waals surface area contributed by atoms with Crippen molar-refractivity contribution in [2.24, 2.45) is 24.8 Å². The van der Waals surface area contributed by atoms with Crippen LogP contribution in [0.5, 0.6) is 0 Å². The number of rotatable bonds is 3. The molecule has 0 bridgehead atoms. The SMILES string of the molecule is Cc1nn(C)c(Cl)c1CC1CC(C)CCC1C(=O)O. The van der Waals surface area contributed by atoms with Gasteiger partial charge in [-0.2, -0.15) is 5.10 Å². The van der Waals surface area contributed by atoms with Crippen LogP contribution in [0.3, 0.4) is 0 Å². The first-order chi connectivity index (χ1) is 8.90. The number of hydrogen-bond donors (Lipinski definition) is 1. The van der Waals surface area contributed by atoms with Crippen LogP contribution in [0.25, 0.3) is 0 Å². The van der Waals surface area contributed by atoms with Crippen molar-refractivity contribution >= 4 is 17.6 Å². The molecule has 5 heteroatoms. The minimum absolute atomic E-state index is 0.168. The van der Waals surface area contributed by atoms with Crippen LogP contribution in [-0.2, 0) is 18.3 Å². The summed E-state index contributed by atoms with van der Waals surface area (Å²) < 4.78 is 1.66. The van der Waals surface area contributed by atoms with E-state index in [4.69, 9.17) is 11.6 Å². The first-order valence-corrected chi connectivity index (χ1v) is 7.18. The molecule has 1 aliphatic rings. The summed E-state index contributed by atoms with van der Waals surface area (Å²) in [6, 6.07) is 0. The van der Waals surface area contributed by atoms with Crippen molar-refractivity contribution in [3.8, 4) is 0 Å². The molecular weight excluding hydrogens is 264 g/mol. The Balaban J connectivity index is 2.21. The smallest absolute Gasteiger partial charge is 0.306 e. The maximum Gasteiger partial charge on any atom is 0.306 e. The third-order valence-corrected chi connectivity index (χ3v) is 4.77. The fourth-order valence-electron chi connectivity index (χ4n) is 3.22. The van der Waals surface area contributed by atoms with Crippen LogP contribution < -0.4 is 0 Å². The summed E-state index contributed by atoms with van der Waals surface area (Å²) in [6.07, 6.45) is 3.47. The molecule has 0 aliphatic heterocycles. The molecule has 0 amide bonds. The van der Waals surface area contributed by atoms with Gasteiger partial charge in [0.05, 0.1) is 11.6 Å². The number of halogens is 1. The molecule has 1 heterocycles. The standard InChI is InChI=1S/C14H21ClN2O2/c1-8-4-5-11(14(18)19)10(6-8)7-12-9(2)16-17(3)13(12)15/h8,10-11H,4-7H2,1-3H3,(H,18,19). The number of aliphatic carboxylic acids is 1. The van der Waals surface area contributed by atoms with Gasteiger partial charge >= 0.3 is 5.97 Å². The molecule has 0 saturated heterocycles. The summed E-state index contributed by atoms with van der Waals surface area (Å²) in [5.41, 5.74) is 1.92. The summed E-state index contributed by atoms with van der Waals surface area (Å²) >= 11 is 6.25. The van der Waals surface area contributed by atoms with Crippen LogP contribution in [0.2, 0.25) is 5.15 Å². The Bertz CT molecular complexity index is 484. The van der Waals surface area contributed by atoms with Gasteiger partial charge in [-0.05, 0) is 44.4 Å². The van der Waals surface area contributed by atoms with E-state index in [-0.39, 0.29) is 11.8 Å². The molecule has 3 atom stereocenters. The third kappa shape index (κ3) is 2.94. The Morgan fingerprint density at radius 3 is 2.74 bits per heavy atom. The minimum atomic E-state index is -0.672. The topological polar surface area (TPSA) is 55.1 Å². The Kier molecular flexibility index (Phi) is 4.19. The Hall–Kier alpha value is -1.03. The number of carboxylic acids is 1. The molecule has 3 unspecified atom stereocenters. The number of aryl methyl sites for hydroxylation is 2. The highest BCUT2D eigenvalue weighted by molar-refractivity contribution is 6.30. The molecule has 2 rings (SSSR count). The van der Waals surface area contributed by atoms with E-state index in [1.807, 2.05) is 14.0 Å². The van der Waals surface area contributed by atoms with Gasteiger partial charge in [0.1, 0.15) is 5.15 Å². The molecule has 4 nitrogen and oxygen atoms in total. The van der Waals surface area contributed by atoms with Crippen LogP contribution in [0.15, 0.2) is 0 Å². The molecule has 1 aromatic rings. The minimum Gasteiger partial charge on any atom is -0.481 e. The predicted octanol–water partition coefficient (Wildman–Crippen LogP) is 3.06. The van der Waals surface area contributed by atoms with Crippen molar-refractivity contribution in [2.75, 3.05) is 0 Å². The number of aromatic nitrogens is 2. The second kappa shape index (κ2) is 5.53. The molecular formula is C14H21ClN2O2. The lowest BCUT2D eigenvalue weighted by Crippen LogP contribution is -2.31. The highest BCUT2D eigenvalue weighted by Crippen LogP contribution is 2.37. The Labute approximate surface area is 118 Å². The molecule has 1 saturated carbocycles. The van der Waals surface area contributed by atoms with Crippen molar-refractivity contribution in [1.82, 2.24) is 9.78 Å². The Morgan fingerprint density at radius 1 is 1.53 bits per heavy atom. The maximum atomic E-state index is 11.4. The quantitative estimate of drug-likeness (QED) is 0.928. The second-order valence-electron chi connectivity index (χ2n) is 5.81. The van der Waals surface area contributed by atoms with Crippen LogP contribution in [0.1, 0.15) is 37.4 Å². The van der Waals surface area contributed by atoms with Crippen LogP contribution in [-0.4, -0.2) is 20.9 Å². The van der Waals surface area contributed by atoms with Gasteiger partial charge in [0.15, 0.2) is 0 Å². The van der Waals surface area contributed by atoms with E-state index >= 15 is 0 Å². The van der Waals surface area contributed by atoms with Gasteiger partial charge in [-0.1, -0.05) is 18.5 Å². The van der Waals surface area contributed by atoms with Crippen LogP contribution in [0, 0.1) is 24.7 Å². The summed E-state index contributed by atoms with van der Waals surface area (Å²) in [5.74, 6) is -0.153. The van der Waals surface area contributed by atoms with Crippen molar-refractivity contribution in [1.29, 1.82) is 0 Å². The van der Waals surface area contributed by atoms with Gasteiger partial charge in [-0.25, -0.2) is 0 Å². The zero-order chi connectivity index (χ0) is 14.2. The van der Waals surface area contributed by atoms with Gasteiger partial charge in [0.2, 0.25) is 0 Å². The summed E-state index contributed by atoms with van der Waals surface area (Å²) in [6.45, 7) is 4.13.